The molecule has 91 heavy (non-hydrogen) atoms. The average molecular weight is 1270 g/mol. The number of aromatic amines is 2. The normalized spacial score (nSPS) is 11.5. The third-order valence-electron chi connectivity index (χ3n) is 13.7. The Bertz CT molecular complexity index is 2630. The summed E-state index contributed by atoms with van der Waals surface area (Å²) >= 11 is 0. The minimum atomic E-state index is 0.412. The predicted molar refractivity (Wildman–Crippen MR) is 370 cm³/mol. The van der Waals surface area contributed by atoms with Crippen molar-refractivity contribution in [2.24, 2.45) is 21.1 Å². The summed E-state index contributed by atoms with van der Waals surface area (Å²) in [5, 5.41) is 51.2. The van der Waals surface area contributed by atoms with Gasteiger partial charge in [0.1, 0.15) is 29.1 Å². The lowest BCUT2D eigenvalue weighted by Gasteiger charge is -2.01. The molecule has 0 spiro atoms. The predicted octanol–water partition coefficient (Wildman–Crippen LogP) is 16.2. The summed E-state index contributed by atoms with van der Waals surface area (Å²) in [6.07, 6.45) is 6.03. The first-order chi connectivity index (χ1) is 42.1. The second-order valence-corrected chi connectivity index (χ2v) is 28.2. The molecule has 0 aromatic carbocycles. The van der Waals surface area contributed by atoms with Gasteiger partial charge in [0, 0.05) is 117 Å². The van der Waals surface area contributed by atoms with Crippen LogP contribution in [0.5, 0.6) is 0 Å². The maximum absolute atomic E-state index is 4.46. The summed E-state index contributed by atoms with van der Waals surface area (Å²) in [7, 11) is 5.86. The molecule has 24 nitrogen and oxygen atoms in total. The summed E-state index contributed by atoms with van der Waals surface area (Å²) in [6, 6.07) is 1.24. The minimum absolute atomic E-state index is 0.412. The maximum Gasteiger partial charge on any atom is 0.153 e. The lowest BCUT2D eigenvalue weighted by atomic mass is 10.2. The number of aromatic nitrogens is 24. The van der Waals surface area contributed by atoms with Crippen molar-refractivity contribution in [2.75, 3.05) is 0 Å². The summed E-state index contributed by atoms with van der Waals surface area (Å²) in [4.78, 5) is 22.1. The molecule has 8 aromatic rings. The second kappa shape index (κ2) is 39.5. The van der Waals surface area contributed by atoms with Crippen molar-refractivity contribution in [3.8, 4) is 0 Å². The van der Waals surface area contributed by atoms with Crippen LogP contribution in [-0.4, -0.2) is 120 Å². The van der Waals surface area contributed by atoms with Gasteiger partial charge in [-0.05, 0) is 59.3 Å². The van der Waals surface area contributed by atoms with Crippen LogP contribution in [0.4, 0.5) is 0 Å². The average Bonchev–Trinajstić information content (AvgIpc) is 2.79. The molecule has 0 unspecified atom stereocenters. The van der Waals surface area contributed by atoms with Gasteiger partial charge in [0.15, 0.2) is 29.1 Å². The van der Waals surface area contributed by atoms with E-state index in [1.807, 2.05) is 67.8 Å². The number of aryl methyl sites for hydroxylation is 3. The van der Waals surface area contributed by atoms with Gasteiger partial charge in [-0.25, -0.2) is 39.0 Å². The Morgan fingerprint density at radius 2 is 0.484 bits per heavy atom. The molecule has 0 radical (unpaired) electrons. The summed E-state index contributed by atoms with van der Waals surface area (Å²) in [6.45, 7) is 67.5. The van der Waals surface area contributed by atoms with Crippen LogP contribution >= 0.6 is 0 Å². The number of nitrogens with zero attached hydrogens (tertiary/aromatic N) is 22. The summed E-state index contributed by atoms with van der Waals surface area (Å²) < 4.78 is 11.3. The molecule has 0 aliphatic carbocycles. The highest BCUT2D eigenvalue weighted by atomic mass is 15.4. The lowest BCUT2D eigenvalue weighted by molar-refractivity contribution is 0.514. The Hall–Kier alpha value is -6.88. The molecule has 8 aromatic heterocycles. The smallest absolute Gasteiger partial charge is 0.153 e. The van der Waals surface area contributed by atoms with Gasteiger partial charge in [-0.3, -0.25) is 24.2 Å². The van der Waals surface area contributed by atoms with Crippen LogP contribution in [0.25, 0.3) is 0 Å². The van der Waals surface area contributed by atoms with Crippen LogP contribution in [-0.2, 0) is 21.1 Å². The molecular weight excluding hydrogens is 1140 g/mol. The molecule has 0 aliphatic rings. The zero-order valence-corrected chi connectivity index (χ0v) is 63.3. The third-order valence-corrected chi connectivity index (χ3v) is 13.7. The molecule has 0 atom stereocenters. The molecule has 8 heterocycles. The van der Waals surface area contributed by atoms with E-state index >= 15 is 0 Å². The Kier molecular flexibility index (Phi) is 35.7. The summed E-state index contributed by atoms with van der Waals surface area (Å²) in [5.41, 5.74) is 3.20. The van der Waals surface area contributed by atoms with Crippen LogP contribution < -0.4 is 0 Å². The molecule has 0 bridgehead atoms. The van der Waals surface area contributed by atoms with E-state index in [0.717, 1.165) is 75.3 Å². The first-order valence-corrected chi connectivity index (χ1v) is 33.4. The Morgan fingerprint density at radius 1 is 0.264 bits per heavy atom. The van der Waals surface area contributed by atoms with Gasteiger partial charge in [-0.1, -0.05) is 196 Å². The van der Waals surface area contributed by atoms with Crippen molar-refractivity contribution in [3.63, 3.8) is 0 Å². The molecule has 0 saturated carbocycles. The van der Waals surface area contributed by atoms with Gasteiger partial charge >= 0.3 is 0 Å². The zero-order valence-electron chi connectivity index (χ0n) is 63.3. The van der Waals surface area contributed by atoms with Gasteiger partial charge in [0.05, 0.1) is 17.1 Å². The van der Waals surface area contributed by atoms with E-state index in [1.54, 1.807) is 0 Å². The van der Waals surface area contributed by atoms with E-state index in [4.69, 9.17) is 0 Å². The van der Waals surface area contributed by atoms with E-state index in [1.165, 1.54) is 0 Å². The highest BCUT2D eigenvalue weighted by Gasteiger charge is 2.16. The van der Waals surface area contributed by atoms with E-state index in [0.29, 0.717) is 95.1 Å². The number of hydrogen-bond acceptors (Lipinski definition) is 16. The monoisotopic (exact) mass is 1270 g/mol. The largest absolute Gasteiger partial charge is 0.263 e. The van der Waals surface area contributed by atoms with Gasteiger partial charge in [0.25, 0.3) is 0 Å². The minimum Gasteiger partial charge on any atom is -0.263 e. The first-order valence-electron chi connectivity index (χ1n) is 33.4. The SMILES string of the molecule is CC(C)c1cn(C(C)C)nn1.CC(C)c1cn(C(C)C)nn1.CC(C)c1cn(C(C)C)nn1.CC(C)c1n[nH]c(C(C)C)n1.CC(C)c1n[nH]c(C(C)C)n1.CC(C)c1nc(C(C)C)n(C)n1.CC(C)c1nc(C(C)C)n(C)n1.CC(C)c1nc(C(C)C)n(C)n1. The van der Waals surface area contributed by atoms with E-state index < -0.39 is 0 Å². The molecular formula is C67H126N24. The number of H-pyrrole nitrogens is 2. The molecule has 0 aliphatic heterocycles. The molecule has 2 N–H and O–H groups in total. The number of nitrogens with one attached hydrogen (secondary N) is 2. The van der Waals surface area contributed by atoms with Crippen LogP contribution in [0.2, 0.25) is 0 Å². The molecule has 0 fully saturated rings. The van der Waals surface area contributed by atoms with Crippen LogP contribution in [0.1, 0.15) is 392 Å². The van der Waals surface area contributed by atoms with E-state index in [9.17, 15) is 0 Å². The van der Waals surface area contributed by atoms with Crippen molar-refractivity contribution in [1.29, 1.82) is 0 Å². The van der Waals surface area contributed by atoms with Crippen molar-refractivity contribution >= 4 is 0 Å². The zero-order chi connectivity index (χ0) is 70.1. The molecule has 8 rings (SSSR count). The molecule has 0 saturated heterocycles. The van der Waals surface area contributed by atoms with E-state index in [-0.39, 0.29) is 0 Å². The van der Waals surface area contributed by atoms with Gasteiger partial charge in [0.2, 0.25) is 0 Å². The Labute approximate surface area is 549 Å². The highest BCUT2D eigenvalue weighted by Crippen LogP contribution is 2.20. The third kappa shape index (κ3) is 28.7. The van der Waals surface area contributed by atoms with Crippen molar-refractivity contribution in [2.45, 2.75) is 317 Å². The fourth-order valence-electron chi connectivity index (χ4n) is 7.52. The topological polar surface area (TPSA) is 267 Å². The van der Waals surface area contributed by atoms with Crippen LogP contribution in [0, 0.1) is 0 Å². The lowest BCUT2D eigenvalue weighted by Crippen LogP contribution is -2.00. The van der Waals surface area contributed by atoms with Gasteiger partial charge < -0.3 is 0 Å². The first kappa shape index (κ1) is 82.1. The van der Waals surface area contributed by atoms with E-state index in [2.05, 4.69) is 313 Å². The highest BCUT2D eigenvalue weighted by molar-refractivity contribution is 5.05. The molecule has 24 heteroatoms. The number of rotatable bonds is 16. The fourth-order valence-corrected chi connectivity index (χ4v) is 7.52. The van der Waals surface area contributed by atoms with Gasteiger partial charge in [-0.15, -0.1) is 15.3 Å². The quantitative estimate of drug-likeness (QED) is 0.0910. The second-order valence-electron chi connectivity index (χ2n) is 28.2. The van der Waals surface area contributed by atoms with Crippen molar-refractivity contribution in [1.82, 2.24) is 120 Å². The number of hydrogen-bond donors (Lipinski definition) is 2. The maximum atomic E-state index is 4.46. The van der Waals surface area contributed by atoms with Crippen molar-refractivity contribution < 1.29 is 0 Å². The van der Waals surface area contributed by atoms with Crippen LogP contribution in [0.15, 0.2) is 18.6 Å². The molecule has 0 amide bonds. The van der Waals surface area contributed by atoms with Gasteiger partial charge in [-0.2, -0.15) is 25.5 Å². The molecule has 514 valence electrons. The van der Waals surface area contributed by atoms with Crippen molar-refractivity contribution in [3.05, 3.63) is 93.9 Å². The standard InChI is InChI=1S/3C9H17N3.5C8H15N3/c3*1-6(2)8-10-9(7(3)4)12(5)11-8;3*1-6(2)8-5-11(7(3)4)10-9-8;2*1-5(2)7-9-8(6(3)4)11-10-7/h3*6-7H,1-5H3;3*5-7H,1-4H3;2*5-6H,1-4H3,(H,9,10,11). The summed E-state index contributed by atoms with van der Waals surface area (Å²) in [5.74, 6) is 15.6. The fraction of sp³-hybridized carbons (Fsp3) is 0.761. The Morgan fingerprint density at radius 3 is 0.582 bits per heavy atom. The Balaban J connectivity index is 0.000000520. The van der Waals surface area contributed by atoms with Crippen LogP contribution in [0.3, 0.4) is 0 Å².